The topological polar surface area (TPSA) is 17.1 Å². The van der Waals surface area contributed by atoms with Crippen LogP contribution in [0, 0.1) is 0 Å². The minimum absolute atomic E-state index is 0.00245. The van der Waals surface area contributed by atoms with E-state index < -0.39 is 0 Å². The number of thiophene rings is 1. The zero-order valence-corrected chi connectivity index (χ0v) is 7.66. The second-order valence-corrected chi connectivity index (χ2v) is 4.24. The summed E-state index contributed by atoms with van der Waals surface area (Å²) in [6.07, 6.45) is 0. The zero-order valence-electron chi connectivity index (χ0n) is 5.21. The van der Waals surface area contributed by atoms with Gasteiger partial charge in [-0.05, 0) is 6.92 Å². The first-order valence-corrected chi connectivity index (χ1v) is 4.23. The molecule has 0 radical (unpaired) electrons. The highest BCUT2D eigenvalue weighted by atomic mass is 32.2. The molecule has 0 aliphatic rings. The molecule has 0 unspecified atom stereocenters. The van der Waals surface area contributed by atoms with Gasteiger partial charge in [-0.15, -0.1) is 8.42 Å². The highest BCUT2D eigenvalue weighted by Gasteiger charge is 1.98. The first-order valence-electron chi connectivity index (χ1n) is 2.60. The fourth-order valence-electron chi connectivity index (χ4n) is 0.598. The van der Waals surface area contributed by atoms with Gasteiger partial charge in [-0.25, -0.2) is 0 Å². The van der Waals surface area contributed by atoms with Crippen molar-refractivity contribution in [3.8, 4) is 0 Å². The molecular formula is C6H4OS3-2. The van der Waals surface area contributed by atoms with E-state index in [0.717, 1.165) is 0 Å². The van der Waals surface area contributed by atoms with Crippen molar-refractivity contribution in [1.29, 1.82) is 0 Å². The molecule has 0 saturated heterocycles. The lowest BCUT2D eigenvalue weighted by atomic mass is 10.2. The number of Topliss-reactive ketones (excluding diaryl/α,β-unsaturated/α-hetero) is 1. The van der Waals surface area contributed by atoms with Gasteiger partial charge in [0, 0.05) is 5.56 Å². The van der Waals surface area contributed by atoms with Gasteiger partial charge in [0.25, 0.3) is 0 Å². The van der Waals surface area contributed by atoms with Gasteiger partial charge in [-0.2, -0.15) is 0 Å². The smallest absolute Gasteiger partial charge is 0.158 e. The fraction of sp³-hybridized carbons (Fsp3) is 0.167. The van der Waals surface area contributed by atoms with E-state index in [9.17, 15) is 4.79 Å². The van der Waals surface area contributed by atoms with Crippen molar-refractivity contribution in [2.75, 3.05) is 0 Å². The maximum absolute atomic E-state index is 10.8. The van der Waals surface area contributed by atoms with Crippen molar-refractivity contribution in [3.05, 3.63) is 11.6 Å². The molecule has 0 bridgehead atoms. The Morgan fingerprint density at radius 3 is 2.40 bits per heavy atom. The van der Waals surface area contributed by atoms with E-state index in [0.29, 0.717) is 14.0 Å². The predicted molar refractivity (Wildman–Crippen MR) is 45.6 cm³/mol. The molecule has 0 amide bonds. The van der Waals surface area contributed by atoms with E-state index >= 15 is 0 Å². The standard InChI is InChI=1S/C6H6OS3/c1-3(7)4-2-5(8)10-6(4)9/h2,8-9H,1H3/p-2. The first kappa shape index (κ1) is 7.91. The van der Waals surface area contributed by atoms with E-state index in [-0.39, 0.29) is 5.78 Å². The summed E-state index contributed by atoms with van der Waals surface area (Å²) in [5.41, 5.74) is 0.588. The quantitative estimate of drug-likeness (QED) is 0.494. The van der Waals surface area contributed by atoms with Gasteiger partial charge in [0.2, 0.25) is 0 Å². The summed E-state index contributed by atoms with van der Waals surface area (Å²) in [4.78, 5) is 10.8. The molecule has 4 heteroatoms. The molecule has 1 nitrogen and oxygen atoms in total. The third-order valence-corrected chi connectivity index (χ3v) is 2.62. The summed E-state index contributed by atoms with van der Waals surface area (Å²) in [6.45, 7) is 1.49. The van der Waals surface area contributed by atoms with Crippen LogP contribution in [0.25, 0.3) is 0 Å². The van der Waals surface area contributed by atoms with E-state index in [1.165, 1.54) is 18.3 Å². The van der Waals surface area contributed by atoms with Crippen LogP contribution in [0.15, 0.2) is 14.5 Å². The summed E-state index contributed by atoms with van der Waals surface area (Å²) in [5.74, 6) is -0.00245. The summed E-state index contributed by atoms with van der Waals surface area (Å²) in [7, 11) is 0. The third-order valence-electron chi connectivity index (χ3n) is 1.05. The highest BCUT2D eigenvalue weighted by molar-refractivity contribution is 7.66. The van der Waals surface area contributed by atoms with Crippen LogP contribution in [-0.2, 0) is 25.3 Å². The number of rotatable bonds is 1. The Morgan fingerprint density at radius 1 is 1.60 bits per heavy atom. The predicted octanol–water partition coefficient (Wildman–Crippen LogP) is 1.76. The molecule has 0 N–H and O–H groups in total. The van der Waals surface area contributed by atoms with Crippen molar-refractivity contribution in [3.63, 3.8) is 0 Å². The van der Waals surface area contributed by atoms with Crippen LogP contribution in [-0.4, -0.2) is 5.78 Å². The summed E-state index contributed by atoms with van der Waals surface area (Å²) < 4.78 is 1.30. The Balaban J connectivity index is 3.15. The second-order valence-electron chi connectivity index (χ2n) is 1.82. The summed E-state index contributed by atoms with van der Waals surface area (Å²) in [6, 6.07) is 1.66. The normalized spacial score (nSPS) is 9.70. The summed E-state index contributed by atoms with van der Waals surface area (Å²) in [5, 5.41) is 0. The molecule has 0 saturated carbocycles. The Bertz CT molecular complexity index is 264. The van der Waals surface area contributed by atoms with Gasteiger partial charge in [0.05, 0.1) is 0 Å². The average Bonchev–Trinajstić information content (AvgIpc) is 2.10. The molecule has 1 heterocycles. The van der Waals surface area contributed by atoms with Gasteiger partial charge in [0.1, 0.15) is 0 Å². The van der Waals surface area contributed by atoms with Crippen molar-refractivity contribution in [2.24, 2.45) is 0 Å². The first-order chi connectivity index (χ1) is 4.61. The van der Waals surface area contributed by atoms with Crippen molar-refractivity contribution >= 4 is 42.4 Å². The molecule has 0 spiro atoms. The second kappa shape index (κ2) is 2.82. The lowest BCUT2D eigenvalue weighted by Crippen LogP contribution is -1.89. The van der Waals surface area contributed by atoms with E-state index in [2.05, 4.69) is 0 Å². The molecule has 1 rings (SSSR count). The number of hydrogen-bond donors (Lipinski definition) is 0. The third kappa shape index (κ3) is 1.45. The monoisotopic (exact) mass is 188 g/mol. The lowest BCUT2D eigenvalue weighted by Gasteiger charge is -1.97. The fourth-order valence-corrected chi connectivity index (χ4v) is 2.27. The molecule has 1 aromatic heterocycles. The van der Waals surface area contributed by atoms with Crippen molar-refractivity contribution in [2.45, 2.75) is 15.3 Å². The Hall–Kier alpha value is -0.190. The van der Waals surface area contributed by atoms with Gasteiger partial charge in [-0.1, -0.05) is 6.07 Å². The maximum atomic E-state index is 10.8. The van der Waals surface area contributed by atoms with Crippen molar-refractivity contribution in [1.82, 2.24) is 0 Å². The van der Waals surface area contributed by atoms with Crippen LogP contribution in [0.3, 0.4) is 0 Å². The van der Waals surface area contributed by atoms with Crippen LogP contribution in [0.4, 0.5) is 0 Å². The summed E-state index contributed by atoms with van der Waals surface area (Å²) >= 11 is 11.0. The Labute approximate surface area is 74.3 Å². The molecule has 0 fully saturated rings. The van der Waals surface area contributed by atoms with Gasteiger partial charge >= 0.3 is 0 Å². The number of carbonyl (C=O) groups excluding carboxylic acids is 1. The van der Waals surface area contributed by atoms with Gasteiger partial charge in [0.15, 0.2) is 5.78 Å². The molecule has 54 valence electrons. The van der Waals surface area contributed by atoms with Gasteiger partial charge < -0.3 is 36.6 Å². The van der Waals surface area contributed by atoms with Crippen molar-refractivity contribution < 1.29 is 4.79 Å². The zero-order chi connectivity index (χ0) is 7.72. The van der Waals surface area contributed by atoms with Crippen LogP contribution in [0.2, 0.25) is 0 Å². The minimum Gasteiger partial charge on any atom is -0.428 e. The van der Waals surface area contributed by atoms with Crippen LogP contribution < -0.4 is 0 Å². The lowest BCUT2D eigenvalue weighted by molar-refractivity contribution is 0.101. The average molecular weight is 188 g/mol. The van der Waals surface area contributed by atoms with E-state index in [4.69, 9.17) is 25.3 Å². The molecule has 0 atom stereocenters. The minimum atomic E-state index is -0.00245. The number of ketones is 1. The Morgan fingerprint density at radius 2 is 2.20 bits per heavy atom. The van der Waals surface area contributed by atoms with Crippen LogP contribution >= 0.6 is 11.3 Å². The molecule has 10 heavy (non-hydrogen) atoms. The molecular weight excluding hydrogens is 184 g/mol. The van der Waals surface area contributed by atoms with E-state index in [1.54, 1.807) is 6.07 Å². The molecule has 0 aliphatic carbocycles. The SMILES string of the molecule is CC(=O)c1cc([S-])sc1[S-]. The molecule has 0 aromatic carbocycles. The van der Waals surface area contributed by atoms with Gasteiger partial charge in [-0.3, -0.25) is 4.79 Å². The number of carbonyl (C=O) groups is 1. The molecule has 1 aromatic rings. The maximum Gasteiger partial charge on any atom is 0.158 e. The number of hydrogen-bond acceptors (Lipinski definition) is 4. The van der Waals surface area contributed by atoms with E-state index in [1.807, 2.05) is 0 Å². The largest absolute Gasteiger partial charge is 0.428 e. The van der Waals surface area contributed by atoms with Crippen LogP contribution in [0.1, 0.15) is 17.3 Å². The Kier molecular flexibility index (Phi) is 2.23. The highest BCUT2D eigenvalue weighted by Crippen LogP contribution is 2.21. The van der Waals surface area contributed by atoms with Crippen LogP contribution in [0.5, 0.6) is 0 Å². The molecule has 0 aliphatic heterocycles.